The largest absolute Gasteiger partial charge is 0.497 e. The van der Waals surface area contributed by atoms with Gasteiger partial charge in [-0.25, -0.2) is 4.79 Å². The predicted molar refractivity (Wildman–Crippen MR) is 96.1 cm³/mol. The summed E-state index contributed by atoms with van der Waals surface area (Å²) in [6, 6.07) is 4.09. The Balaban J connectivity index is 2.76. The number of benzene rings is 1. The SMILES string of the molecule is CCCC[C@H](NC(=O)[C@H](C)Nc1cc(OC)cc(OC)c1)C(=O)OC. The number of carbonyl (C=O) groups excluding carboxylic acids is 2. The average Bonchev–Trinajstić information content (AvgIpc) is 2.63. The van der Waals surface area contributed by atoms with Gasteiger partial charge in [0.1, 0.15) is 23.6 Å². The molecule has 0 aliphatic rings. The predicted octanol–water partition coefficient (Wildman–Crippen LogP) is 2.35. The van der Waals surface area contributed by atoms with Crippen molar-refractivity contribution in [2.24, 2.45) is 0 Å². The van der Waals surface area contributed by atoms with E-state index >= 15 is 0 Å². The summed E-state index contributed by atoms with van der Waals surface area (Å²) in [5, 5.41) is 5.83. The van der Waals surface area contributed by atoms with Crippen molar-refractivity contribution in [1.82, 2.24) is 5.32 Å². The van der Waals surface area contributed by atoms with Gasteiger partial charge in [0.05, 0.1) is 21.3 Å². The maximum Gasteiger partial charge on any atom is 0.328 e. The van der Waals surface area contributed by atoms with Crippen LogP contribution in [0.5, 0.6) is 11.5 Å². The van der Waals surface area contributed by atoms with Gasteiger partial charge in [-0.2, -0.15) is 0 Å². The monoisotopic (exact) mass is 352 g/mol. The Kier molecular flexibility index (Phi) is 8.60. The Morgan fingerprint density at radius 1 is 1.08 bits per heavy atom. The molecule has 25 heavy (non-hydrogen) atoms. The Hall–Kier alpha value is -2.44. The molecule has 0 bridgehead atoms. The molecular weight excluding hydrogens is 324 g/mol. The van der Waals surface area contributed by atoms with E-state index in [1.165, 1.54) is 7.11 Å². The van der Waals surface area contributed by atoms with E-state index in [9.17, 15) is 9.59 Å². The van der Waals surface area contributed by atoms with Gasteiger partial charge in [-0.15, -0.1) is 0 Å². The van der Waals surface area contributed by atoms with Gasteiger partial charge in [-0.3, -0.25) is 4.79 Å². The van der Waals surface area contributed by atoms with Gasteiger partial charge >= 0.3 is 5.97 Å². The number of hydrogen-bond acceptors (Lipinski definition) is 6. The lowest BCUT2D eigenvalue weighted by Gasteiger charge is -2.21. The summed E-state index contributed by atoms with van der Waals surface area (Å²) in [6.45, 7) is 3.74. The minimum absolute atomic E-state index is 0.284. The molecule has 0 unspecified atom stereocenters. The summed E-state index contributed by atoms with van der Waals surface area (Å²) < 4.78 is 15.2. The molecule has 0 fully saturated rings. The Bertz CT molecular complexity index is 554. The zero-order chi connectivity index (χ0) is 18.8. The van der Waals surface area contributed by atoms with Crippen LogP contribution in [0.3, 0.4) is 0 Å². The molecule has 0 radical (unpaired) electrons. The van der Waals surface area contributed by atoms with Crippen LogP contribution in [0, 0.1) is 0 Å². The smallest absolute Gasteiger partial charge is 0.328 e. The average molecular weight is 352 g/mol. The number of rotatable bonds is 10. The summed E-state index contributed by atoms with van der Waals surface area (Å²) >= 11 is 0. The Labute approximate surface area is 149 Å². The summed E-state index contributed by atoms with van der Waals surface area (Å²) in [7, 11) is 4.43. The van der Waals surface area contributed by atoms with Crippen LogP contribution >= 0.6 is 0 Å². The zero-order valence-corrected chi connectivity index (χ0v) is 15.5. The molecule has 0 aliphatic heterocycles. The van der Waals surface area contributed by atoms with Crippen molar-refractivity contribution in [3.05, 3.63) is 18.2 Å². The molecule has 0 spiro atoms. The zero-order valence-electron chi connectivity index (χ0n) is 15.5. The first-order valence-corrected chi connectivity index (χ1v) is 8.32. The lowest BCUT2D eigenvalue weighted by Crippen LogP contribution is -2.47. The third kappa shape index (κ3) is 6.52. The van der Waals surface area contributed by atoms with Crippen LogP contribution in [0.15, 0.2) is 18.2 Å². The van der Waals surface area contributed by atoms with Gasteiger partial charge in [0.2, 0.25) is 5.91 Å². The number of amides is 1. The van der Waals surface area contributed by atoms with Crippen molar-refractivity contribution < 1.29 is 23.8 Å². The minimum Gasteiger partial charge on any atom is -0.497 e. The molecule has 140 valence electrons. The quantitative estimate of drug-likeness (QED) is 0.629. The second kappa shape index (κ2) is 10.4. The number of ether oxygens (including phenoxy) is 3. The van der Waals surface area contributed by atoms with E-state index in [0.29, 0.717) is 23.6 Å². The first-order chi connectivity index (χ1) is 11.9. The topological polar surface area (TPSA) is 85.9 Å². The summed E-state index contributed by atoms with van der Waals surface area (Å²) in [6.07, 6.45) is 2.31. The number of methoxy groups -OCH3 is 3. The highest BCUT2D eigenvalue weighted by Crippen LogP contribution is 2.26. The highest BCUT2D eigenvalue weighted by Gasteiger charge is 2.23. The lowest BCUT2D eigenvalue weighted by molar-refractivity contribution is -0.145. The van der Waals surface area contributed by atoms with E-state index in [4.69, 9.17) is 14.2 Å². The van der Waals surface area contributed by atoms with E-state index in [-0.39, 0.29) is 5.91 Å². The molecule has 7 nitrogen and oxygen atoms in total. The molecule has 2 N–H and O–H groups in total. The van der Waals surface area contributed by atoms with E-state index in [1.807, 2.05) is 6.92 Å². The summed E-state index contributed by atoms with van der Waals surface area (Å²) in [5.41, 5.74) is 0.682. The van der Waals surface area contributed by atoms with Crippen LogP contribution in [-0.2, 0) is 14.3 Å². The number of anilines is 1. The molecule has 1 aromatic rings. The van der Waals surface area contributed by atoms with Crippen molar-refractivity contribution in [3.8, 4) is 11.5 Å². The van der Waals surface area contributed by atoms with Gasteiger partial charge in [-0.05, 0) is 13.3 Å². The number of hydrogen-bond donors (Lipinski definition) is 2. The summed E-state index contributed by atoms with van der Waals surface area (Å²) in [4.78, 5) is 24.2. The number of nitrogens with one attached hydrogen (secondary N) is 2. The first-order valence-electron chi connectivity index (χ1n) is 8.32. The van der Waals surface area contributed by atoms with Gasteiger partial charge in [-0.1, -0.05) is 19.8 Å². The van der Waals surface area contributed by atoms with Crippen LogP contribution < -0.4 is 20.1 Å². The minimum atomic E-state index is -0.637. The number of carbonyl (C=O) groups is 2. The number of unbranched alkanes of at least 4 members (excludes halogenated alkanes) is 1. The van der Waals surface area contributed by atoms with E-state index in [2.05, 4.69) is 10.6 Å². The molecular formula is C18H28N2O5. The maximum atomic E-state index is 12.4. The molecule has 1 aromatic carbocycles. The van der Waals surface area contributed by atoms with E-state index < -0.39 is 18.1 Å². The first kappa shape index (κ1) is 20.6. The normalized spacial score (nSPS) is 12.7. The maximum absolute atomic E-state index is 12.4. The van der Waals surface area contributed by atoms with Crippen LogP contribution in [-0.4, -0.2) is 45.3 Å². The van der Waals surface area contributed by atoms with Crippen LogP contribution in [0.2, 0.25) is 0 Å². The second-order valence-corrected chi connectivity index (χ2v) is 5.69. The van der Waals surface area contributed by atoms with Gasteiger partial charge in [0.15, 0.2) is 0 Å². The Morgan fingerprint density at radius 3 is 2.16 bits per heavy atom. The van der Waals surface area contributed by atoms with E-state index in [0.717, 1.165) is 12.8 Å². The van der Waals surface area contributed by atoms with Gasteiger partial charge < -0.3 is 24.8 Å². The molecule has 2 atom stereocenters. The fourth-order valence-electron chi connectivity index (χ4n) is 2.30. The molecule has 0 saturated carbocycles. The molecule has 0 aliphatic carbocycles. The van der Waals surface area contributed by atoms with Gasteiger partial charge in [0, 0.05) is 23.9 Å². The lowest BCUT2D eigenvalue weighted by atomic mass is 10.1. The molecule has 1 rings (SSSR count). The van der Waals surface area contributed by atoms with Crippen LogP contribution in [0.4, 0.5) is 5.69 Å². The highest BCUT2D eigenvalue weighted by atomic mass is 16.5. The van der Waals surface area contributed by atoms with Crippen molar-refractivity contribution in [2.45, 2.75) is 45.2 Å². The van der Waals surface area contributed by atoms with Crippen molar-refractivity contribution in [2.75, 3.05) is 26.6 Å². The molecule has 0 heterocycles. The third-order valence-electron chi connectivity index (χ3n) is 3.78. The standard InChI is InChI=1S/C18H28N2O5/c1-6-7-8-16(18(22)25-5)20-17(21)12(2)19-13-9-14(23-3)11-15(10-13)24-4/h9-12,16,19H,6-8H2,1-5H3,(H,20,21)/t12-,16-/m0/s1. The molecule has 7 heteroatoms. The third-order valence-corrected chi connectivity index (χ3v) is 3.78. The summed E-state index contributed by atoms with van der Waals surface area (Å²) in [5.74, 6) is 0.514. The Morgan fingerprint density at radius 2 is 1.68 bits per heavy atom. The second-order valence-electron chi connectivity index (χ2n) is 5.69. The highest BCUT2D eigenvalue weighted by molar-refractivity contribution is 5.89. The van der Waals surface area contributed by atoms with E-state index in [1.54, 1.807) is 39.3 Å². The van der Waals surface area contributed by atoms with Crippen molar-refractivity contribution >= 4 is 17.6 Å². The van der Waals surface area contributed by atoms with Gasteiger partial charge in [0.25, 0.3) is 0 Å². The molecule has 0 aromatic heterocycles. The molecule has 0 saturated heterocycles. The van der Waals surface area contributed by atoms with Crippen LogP contribution in [0.1, 0.15) is 33.1 Å². The van der Waals surface area contributed by atoms with Crippen molar-refractivity contribution in [1.29, 1.82) is 0 Å². The van der Waals surface area contributed by atoms with Crippen molar-refractivity contribution in [3.63, 3.8) is 0 Å². The number of esters is 1. The fourth-order valence-corrected chi connectivity index (χ4v) is 2.30. The fraction of sp³-hybridized carbons (Fsp3) is 0.556. The van der Waals surface area contributed by atoms with Crippen LogP contribution in [0.25, 0.3) is 0 Å². The molecule has 1 amide bonds.